The van der Waals surface area contributed by atoms with Gasteiger partial charge in [0.1, 0.15) is 11.6 Å². The van der Waals surface area contributed by atoms with Crippen LogP contribution in [0, 0.1) is 5.82 Å². The number of esters is 1. The maximum absolute atomic E-state index is 12.9. The lowest BCUT2D eigenvalue weighted by molar-refractivity contribution is -0.139. The van der Waals surface area contributed by atoms with E-state index in [0.717, 1.165) is 37.1 Å². The molecule has 0 fully saturated rings. The molecule has 2 aromatic carbocycles. The number of benzene rings is 2. The van der Waals surface area contributed by atoms with Crippen molar-refractivity contribution in [2.24, 2.45) is 10.2 Å². The zero-order chi connectivity index (χ0) is 23.0. The zero-order valence-electron chi connectivity index (χ0n) is 18.9. The van der Waals surface area contributed by atoms with Crippen LogP contribution in [0.5, 0.6) is 5.75 Å². The van der Waals surface area contributed by atoms with E-state index in [-0.39, 0.29) is 11.8 Å². The Balaban J connectivity index is 1.47. The molecule has 0 aromatic heterocycles. The Morgan fingerprint density at radius 2 is 1.25 bits per heavy atom. The second-order valence-corrected chi connectivity index (χ2v) is 7.76. The maximum Gasteiger partial charge on any atom is 0.333 e. The van der Waals surface area contributed by atoms with Crippen LogP contribution in [0.25, 0.3) is 0 Å². The van der Waals surface area contributed by atoms with Crippen molar-refractivity contribution in [1.82, 2.24) is 0 Å². The van der Waals surface area contributed by atoms with Crippen LogP contribution in [0.15, 0.2) is 70.9 Å². The summed E-state index contributed by atoms with van der Waals surface area (Å²) in [4.78, 5) is 11.2. The van der Waals surface area contributed by atoms with E-state index in [1.54, 1.807) is 19.1 Å². The molecular weight excluding hydrogens is 407 g/mol. The standard InChI is InChI=1S/C26H33FN2O3/c1-21(2)26(30)32-20-10-8-6-4-3-5-7-9-19-31-25-17-15-24(16-18-25)29-28-23-13-11-22(27)12-14-23/h11-18H,1,3-10,19-20H2,2H3. The predicted octanol–water partition coefficient (Wildman–Crippen LogP) is 7.86. The van der Waals surface area contributed by atoms with E-state index < -0.39 is 0 Å². The van der Waals surface area contributed by atoms with Crippen molar-refractivity contribution in [3.8, 4) is 5.75 Å². The van der Waals surface area contributed by atoms with Gasteiger partial charge in [0.15, 0.2) is 0 Å². The van der Waals surface area contributed by atoms with E-state index in [4.69, 9.17) is 9.47 Å². The highest BCUT2D eigenvalue weighted by molar-refractivity contribution is 5.86. The molecule has 0 radical (unpaired) electrons. The minimum atomic E-state index is -0.296. The van der Waals surface area contributed by atoms with Gasteiger partial charge in [-0.3, -0.25) is 0 Å². The van der Waals surface area contributed by atoms with Crippen molar-refractivity contribution in [2.45, 2.75) is 58.3 Å². The van der Waals surface area contributed by atoms with Gasteiger partial charge >= 0.3 is 5.97 Å². The van der Waals surface area contributed by atoms with Crippen molar-refractivity contribution in [1.29, 1.82) is 0 Å². The summed E-state index contributed by atoms with van der Waals surface area (Å²) in [6.45, 7) is 6.41. The molecule has 0 aliphatic heterocycles. The van der Waals surface area contributed by atoms with E-state index in [1.807, 2.05) is 24.3 Å². The molecule has 0 amide bonds. The summed E-state index contributed by atoms with van der Waals surface area (Å²) in [5, 5.41) is 8.23. The topological polar surface area (TPSA) is 60.2 Å². The number of azo groups is 1. The zero-order valence-corrected chi connectivity index (χ0v) is 18.9. The second kappa shape index (κ2) is 14.9. The first-order valence-corrected chi connectivity index (χ1v) is 11.3. The van der Waals surface area contributed by atoms with E-state index >= 15 is 0 Å². The lowest BCUT2D eigenvalue weighted by Gasteiger charge is -2.06. The van der Waals surface area contributed by atoms with E-state index in [0.29, 0.717) is 24.5 Å². The Labute approximate surface area is 190 Å². The number of unbranched alkanes of at least 4 members (excludes halogenated alkanes) is 7. The fourth-order valence-corrected chi connectivity index (χ4v) is 2.98. The molecule has 0 aliphatic carbocycles. The Bertz CT molecular complexity index is 848. The van der Waals surface area contributed by atoms with E-state index in [1.165, 1.54) is 37.8 Å². The first-order valence-electron chi connectivity index (χ1n) is 11.3. The van der Waals surface area contributed by atoms with Crippen LogP contribution in [0.2, 0.25) is 0 Å². The van der Waals surface area contributed by atoms with E-state index in [9.17, 15) is 9.18 Å². The van der Waals surface area contributed by atoms with Gasteiger partial charge in [0.2, 0.25) is 0 Å². The van der Waals surface area contributed by atoms with Crippen molar-refractivity contribution in [3.05, 3.63) is 66.5 Å². The van der Waals surface area contributed by atoms with Crippen LogP contribution >= 0.6 is 0 Å². The third-order valence-corrected chi connectivity index (χ3v) is 4.83. The minimum Gasteiger partial charge on any atom is -0.494 e. The SMILES string of the molecule is C=C(C)C(=O)OCCCCCCCCCCOc1ccc(N=Nc2ccc(F)cc2)cc1. The predicted molar refractivity (Wildman–Crippen MR) is 125 cm³/mol. The highest BCUT2D eigenvalue weighted by Crippen LogP contribution is 2.21. The van der Waals surface area contributed by atoms with Crippen molar-refractivity contribution >= 4 is 17.3 Å². The van der Waals surface area contributed by atoms with Crippen LogP contribution in [-0.2, 0) is 9.53 Å². The highest BCUT2D eigenvalue weighted by atomic mass is 19.1. The Morgan fingerprint density at radius 1 is 0.781 bits per heavy atom. The molecule has 0 unspecified atom stereocenters. The first kappa shape index (κ1) is 25.2. The van der Waals surface area contributed by atoms with Gasteiger partial charge in [-0.25, -0.2) is 9.18 Å². The summed E-state index contributed by atoms with van der Waals surface area (Å²) < 4.78 is 23.8. The molecule has 0 aliphatic rings. The van der Waals surface area contributed by atoms with Crippen LogP contribution in [0.3, 0.4) is 0 Å². The van der Waals surface area contributed by atoms with Crippen LogP contribution < -0.4 is 4.74 Å². The highest BCUT2D eigenvalue weighted by Gasteiger charge is 2.02. The fourth-order valence-electron chi connectivity index (χ4n) is 2.98. The first-order chi connectivity index (χ1) is 15.5. The molecule has 5 nitrogen and oxygen atoms in total. The third kappa shape index (κ3) is 10.8. The summed E-state index contributed by atoms with van der Waals surface area (Å²) in [6, 6.07) is 13.3. The van der Waals surface area contributed by atoms with Gasteiger partial charge in [0.05, 0.1) is 24.6 Å². The number of hydrogen-bond acceptors (Lipinski definition) is 5. The molecule has 0 bridgehead atoms. The van der Waals surface area contributed by atoms with Crippen molar-refractivity contribution in [3.63, 3.8) is 0 Å². The number of carbonyl (C=O) groups is 1. The van der Waals surface area contributed by atoms with Crippen molar-refractivity contribution in [2.75, 3.05) is 13.2 Å². The summed E-state index contributed by atoms with van der Waals surface area (Å²) >= 11 is 0. The molecule has 2 rings (SSSR count). The summed E-state index contributed by atoms with van der Waals surface area (Å²) in [6.07, 6.45) is 9.00. The quantitative estimate of drug-likeness (QED) is 0.123. The number of ether oxygens (including phenoxy) is 2. The molecule has 0 heterocycles. The molecule has 0 saturated carbocycles. The number of nitrogens with zero attached hydrogens (tertiary/aromatic N) is 2. The molecule has 0 atom stereocenters. The van der Waals surface area contributed by atoms with Gasteiger partial charge in [-0.05, 0) is 68.3 Å². The van der Waals surface area contributed by atoms with Gasteiger partial charge in [0.25, 0.3) is 0 Å². The largest absolute Gasteiger partial charge is 0.494 e. The van der Waals surface area contributed by atoms with Crippen LogP contribution in [0.4, 0.5) is 15.8 Å². The molecule has 32 heavy (non-hydrogen) atoms. The molecule has 172 valence electrons. The van der Waals surface area contributed by atoms with Gasteiger partial charge < -0.3 is 9.47 Å². The smallest absolute Gasteiger partial charge is 0.333 e. The monoisotopic (exact) mass is 440 g/mol. The van der Waals surface area contributed by atoms with Gasteiger partial charge in [-0.15, -0.1) is 0 Å². The van der Waals surface area contributed by atoms with Gasteiger partial charge in [-0.2, -0.15) is 10.2 Å². The Kier molecular flexibility index (Phi) is 11.7. The number of rotatable bonds is 15. The summed E-state index contributed by atoms with van der Waals surface area (Å²) in [5.74, 6) is 0.231. The fraction of sp³-hybridized carbons (Fsp3) is 0.423. The Hall–Kier alpha value is -3.02. The normalized spacial score (nSPS) is 10.9. The summed E-state index contributed by atoms with van der Waals surface area (Å²) in [5.41, 5.74) is 1.78. The molecular formula is C26H33FN2O3. The second-order valence-electron chi connectivity index (χ2n) is 7.76. The maximum atomic E-state index is 12.9. The average Bonchev–Trinajstić information content (AvgIpc) is 2.80. The number of hydrogen-bond donors (Lipinski definition) is 0. The Morgan fingerprint density at radius 3 is 1.78 bits per heavy atom. The lowest BCUT2D eigenvalue weighted by atomic mass is 10.1. The number of carbonyl (C=O) groups excluding carboxylic acids is 1. The molecule has 0 N–H and O–H groups in total. The molecule has 0 spiro atoms. The van der Waals surface area contributed by atoms with Gasteiger partial charge in [0, 0.05) is 5.57 Å². The lowest BCUT2D eigenvalue weighted by Crippen LogP contribution is -2.05. The minimum absolute atomic E-state index is 0.291. The third-order valence-electron chi connectivity index (χ3n) is 4.83. The van der Waals surface area contributed by atoms with E-state index in [2.05, 4.69) is 16.8 Å². The average molecular weight is 441 g/mol. The molecule has 2 aromatic rings. The van der Waals surface area contributed by atoms with Gasteiger partial charge in [-0.1, -0.05) is 45.1 Å². The summed E-state index contributed by atoms with van der Waals surface area (Å²) in [7, 11) is 0. The van der Waals surface area contributed by atoms with Crippen LogP contribution in [0.1, 0.15) is 58.3 Å². The van der Waals surface area contributed by atoms with Crippen molar-refractivity contribution < 1.29 is 18.7 Å². The number of halogens is 1. The molecule has 0 saturated heterocycles. The van der Waals surface area contributed by atoms with Crippen LogP contribution in [-0.4, -0.2) is 19.2 Å². The molecule has 6 heteroatoms.